The van der Waals surface area contributed by atoms with E-state index in [1.807, 2.05) is 0 Å². The molecule has 0 radical (unpaired) electrons. The number of ether oxygens (including phenoxy) is 1. The minimum Gasteiger partial charge on any atom is -0.484 e. The number of rotatable bonds is 11. The highest BCUT2D eigenvalue weighted by Gasteiger charge is 2.35. The monoisotopic (exact) mass is 687 g/mol. The number of nitrogens with zero attached hydrogens (tertiary/aromatic N) is 3. The molecule has 4 rings (SSSR count). The van der Waals surface area contributed by atoms with Crippen LogP contribution < -0.4 is 10.3 Å². The summed E-state index contributed by atoms with van der Waals surface area (Å²) in [4.78, 5) is 33.1. The molecule has 3 aromatic carbocycles. The van der Waals surface area contributed by atoms with Gasteiger partial charge in [0.15, 0.2) is 16.4 Å². The van der Waals surface area contributed by atoms with Gasteiger partial charge in [-0.25, -0.2) is 17.8 Å². The first-order valence-corrected chi connectivity index (χ1v) is 15.9. The van der Waals surface area contributed by atoms with Crippen molar-refractivity contribution in [3.8, 4) is 11.4 Å². The molecule has 0 bridgehead atoms. The van der Waals surface area contributed by atoms with E-state index in [2.05, 4.69) is 4.98 Å². The number of hydrogen-bond donors (Lipinski definition) is 0. The van der Waals surface area contributed by atoms with Gasteiger partial charge in [-0.1, -0.05) is 25.1 Å². The van der Waals surface area contributed by atoms with E-state index < -0.39 is 76.4 Å². The lowest BCUT2D eigenvalue weighted by Crippen LogP contribution is -2.41. The van der Waals surface area contributed by atoms with Crippen molar-refractivity contribution in [1.82, 2.24) is 14.5 Å². The molecule has 252 valence electrons. The highest BCUT2D eigenvalue weighted by atomic mass is 32.2. The molecule has 0 saturated heterocycles. The van der Waals surface area contributed by atoms with Crippen LogP contribution in [0.5, 0.6) is 5.75 Å². The Morgan fingerprint density at radius 3 is 2.28 bits per heavy atom. The standard InChI is InChI=1S/C31H28F7N3O5S/c1-3-47(44,45)15-14-40(27(42)17-20-8-13-25(32)24(16-20)31(36,37)38)19(2)28-39-26-7-5-4-6-23(26)29(43)41(28)21-9-11-22(12-10-21)46-18-30(33,34)35/h4-13,16,19H,3,14-15,17-18H2,1-2H3/t19-/m1/s1. The number of sulfone groups is 1. The molecule has 0 unspecified atom stereocenters. The third-order valence-corrected chi connectivity index (χ3v) is 8.92. The number of para-hydroxylation sites is 1. The summed E-state index contributed by atoms with van der Waals surface area (Å²) in [7, 11) is -3.67. The van der Waals surface area contributed by atoms with Crippen LogP contribution in [-0.2, 0) is 27.2 Å². The molecule has 4 aromatic rings. The van der Waals surface area contributed by atoms with Crippen LogP contribution in [-0.4, -0.2) is 59.6 Å². The van der Waals surface area contributed by atoms with Crippen LogP contribution in [0.3, 0.4) is 0 Å². The first-order valence-electron chi connectivity index (χ1n) is 14.1. The predicted octanol–water partition coefficient (Wildman–Crippen LogP) is 6.05. The van der Waals surface area contributed by atoms with Gasteiger partial charge >= 0.3 is 12.4 Å². The van der Waals surface area contributed by atoms with Crippen LogP contribution in [0.1, 0.15) is 36.8 Å². The third kappa shape index (κ3) is 8.67. The first-order chi connectivity index (χ1) is 21.9. The molecule has 1 heterocycles. The molecular weight excluding hydrogens is 659 g/mol. The summed E-state index contributed by atoms with van der Waals surface area (Å²) in [6, 6.07) is 12.1. The minimum atomic E-state index is -5.04. The summed E-state index contributed by atoms with van der Waals surface area (Å²) in [5.74, 6) is -3.39. The van der Waals surface area contributed by atoms with Gasteiger partial charge in [-0.3, -0.25) is 14.2 Å². The number of carbonyl (C=O) groups excluding carboxylic acids is 1. The maximum Gasteiger partial charge on any atom is 0.422 e. The van der Waals surface area contributed by atoms with E-state index in [0.717, 1.165) is 15.5 Å². The Hall–Kier alpha value is -4.47. The Kier molecular flexibility index (Phi) is 10.3. The van der Waals surface area contributed by atoms with Crippen LogP contribution in [0.4, 0.5) is 30.7 Å². The molecule has 1 amide bonds. The second kappa shape index (κ2) is 13.7. The van der Waals surface area contributed by atoms with Crippen molar-refractivity contribution >= 4 is 26.6 Å². The van der Waals surface area contributed by atoms with Crippen molar-refractivity contribution in [2.45, 2.75) is 38.7 Å². The van der Waals surface area contributed by atoms with Crippen molar-refractivity contribution in [3.63, 3.8) is 0 Å². The van der Waals surface area contributed by atoms with Crippen molar-refractivity contribution in [3.05, 3.63) is 99.9 Å². The molecule has 0 saturated carbocycles. The predicted molar refractivity (Wildman–Crippen MR) is 158 cm³/mol. The lowest BCUT2D eigenvalue weighted by molar-refractivity contribution is -0.153. The van der Waals surface area contributed by atoms with Gasteiger partial charge in [0.25, 0.3) is 5.56 Å². The zero-order valence-corrected chi connectivity index (χ0v) is 25.7. The van der Waals surface area contributed by atoms with Gasteiger partial charge in [0.1, 0.15) is 17.4 Å². The molecule has 0 aliphatic carbocycles. The molecule has 47 heavy (non-hydrogen) atoms. The largest absolute Gasteiger partial charge is 0.484 e. The summed E-state index contributed by atoms with van der Waals surface area (Å²) in [6.07, 6.45) is -10.3. The van der Waals surface area contributed by atoms with Gasteiger partial charge in [0.05, 0.1) is 40.4 Å². The van der Waals surface area contributed by atoms with Crippen LogP contribution in [0, 0.1) is 5.82 Å². The maximum atomic E-state index is 13.9. The maximum absolute atomic E-state index is 13.9. The summed E-state index contributed by atoms with van der Waals surface area (Å²) in [5.41, 5.74) is -2.07. The van der Waals surface area contributed by atoms with Gasteiger partial charge in [-0.05, 0) is 61.0 Å². The number of fused-ring (bicyclic) bond motifs is 1. The Balaban J connectivity index is 1.81. The zero-order valence-electron chi connectivity index (χ0n) is 24.9. The van der Waals surface area contributed by atoms with E-state index in [1.54, 1.807) is 12.1 Å². The van der Waals surface area contributed by atoms with Gasteiger partial charge in [0, 0.05) is 12.3 Å². The van der Waals surface area contributed by atoms with Crippen molar-refractivity contribution in [2.75, 3.05) is 24.7 Å². The molecule has 0 aliphatic heterocycles. The van der Waals surface area contributed by atoms with Gasteiger partial charge in [0.2, 0.25) is 5.91 Å². The number of halogens is 7. The molecule has 16 heteroatoms. The van der Waals surface area contributed by atoms with E-state index in [1.165, 1.54) is 50.2 Å². The van der Waals surface area contributed by atoms with Crippen LogP contribution in [0.15, 0.2) is 71.5 Å². The number of aromatic nitrogens is 2. The number of alkyl halides is 6. The Morgan fingerprint density at radius 1 is 1.00 bits per heavy atom. The number of benzene rings is 3. The average Bonchev–Trinajstić information content (AvgIpc) is 3.00. The SMILES string of the molecule is CCS(=O)(=O)CCN(C(=O)Cc1ccc(F)c(C(F)(F)F)c1)[C@H](C)c1nc2ccccc2c(=O)n1-c1ccc(OCC(F)(F)F)cc1. The number of carbonyl (C=O) groups is 1. The number of amides is 1. The van der Waals surface area contributed by atoms with Crippen molar-refractivity contribution < 1.29 is 48.7 Å². The first kappa shape index (κ1) is 35.4. The summed E-state index contributed by atoms with van der Waals surface area (Å²) < 4.78 is 123. The molecule has 0 spiro atoms. The number of hydrogen-bond acceptors (Lipinski definition) is 6. The van der Waals surface area contributed by atoms with Crippen LogP contribution >= 0.6 is 0 Å². The normalized spacial score (nSPS) is 13.0. The molecule has 1 aromatic heterocycles. The van der Waals surface area contributed by atoms with Gasteiger partial charge < -0.3 is 9.64 Å². The lowest BCUT2D eigenvalue weighted by Gasteiger charge is -2.31. The Bertz CT molecular complexity index is 1930. The molecule has 1 atom stereocenters. The topological polar surface area (TPSA) is 98.6 Å². The van der Waals surface area contributed by atoms with Crippen molar-refractivity contribution in [2.24, 2.45) is 0 Å². The van der Waals surface area contributed by atoms with Gasteiger partial charge in [-0.2, -0.15) is 26.3 Å². The van der Waals surface area contributed by atoms with Crippen LogP contribution in [0.2, 0.25) is 0 Å². The molecule has 0 N–H and O–H groups in total. The average molecular weight is 688 g/mol. The highest BCUT2D eigenvalue weighted by molar-refractivity contribution is 7.91. The summed E-state index contributed by atoms with van der Waals surface area (Å²) in [5, 5.41) is 0.151. The van der Waals surface area contributed by atoms with E-state index in [4.69, 9.17) is 4.74 Å². The third-order valence-electron chi connectivity index (χ3n) is 7.24. The fourth-order valence-electron chi connectivity index (χ4n) is 4.77. The molecular formula is C31H28F7N3O5S. The van der Waals surface area contributed by atoms with Gasteiger partial charge in [-0.15, -0.1) is 0 Å². The second-order valence-corrected chi connectivity index (χ2v) is 13.0. The highest BCUT2D eigenvalue weighted by Crippen LogP contribution is 2.32. The smallest absolute Gasteiger partial charge is 0.422 e. The second-order valence-electron chi connectivity index (χ2n) is 10.5. The van der Waals surface area contributed by atoms with E-state index >= 15 is 0 Å². The van der Waals surface area contributed by atoms with E-state index in [-0.39, 0.29) is 39.5 Å². The minimum absolute atomic E-state index is 0.0741. The fraction of sp³-hybridized carbons (Fsp3) is 0.323. The Morgan fingerprint density at radius 2 is 1.66 bits per heavy atom. The lowest BCUT2D eigenvalue weighted by atomic mass is 10.1. The van der Waals surface area contributed by atoms with Crippen LogP contribution in [0.25, 0.3) is 16.6 Å². The molecule has 0 fully saturated rings. The van der Waals surface area contributed by atoms with E-state index in [9.17, 15) is 48.7 Å². The zero-order chi connectivity index (χ0) is 34.7. The Labute approximate surface area is 264 Å². The summed E-state index contributed by atoms with van der Waals surface area (Å²) >= 11 is 0. The summed E-state index contributed by atoms with van der Waals surface area (Å²) in [6.45, 7) is 0.849. The quantitative estimate of drug-likeness (QED) is 0.178. The molecule has 8 nitrogen and oxygen atoms in total. The van der Waals surface area contributed by atoms with E-state index in [0.29, 0.717) is 12.1 Å². The van der Waals surface area contributed by atoms with Crippen molar-refractivity contribution in [1.29, 1.82) is 0 Å². The fourth-order valence-corrected chi connectivity index (χ4v) is 5.53. The molecule has 0 aliphatic rings.